The number of anilines is 1. The van der Waals surface area contributed by atoms with Gasteiger partial charge in [0.05, 0.1) is 12.8 Å². The van der Waals surface area contributed by atoms with Gasteiger partial charge in [0.15, 0.2) is 5.82 Å². The molecule has 0 radical (unpaired) electrons. The number of aliphatic hydroxyl groups is 2. The number of rotatable bonds is 2. The molecule has 6 heteroatoms. The third-order valence-corrected chi connectivity index (χ3v) is 6.12. The summed E-state index contributed by atoms with van der Waals surface area (Å²) in [5.74, 6) is 6.26. The minimum Gasteiger partial charge on any atom is -0.390 e. The Morgan fingerprint density at radius 1 is 1.28 bits per heavy atom. The van der Waals surface area contributed by atoms with Gasteiger partial charge >= 0.3 is 0 Å². The van der Waals surface area contributed by atoms with Crippen molar-refractivity contribution in [1.82, 2.24) is 9.97 Å². The summed E-state index contributed by atoms with van der Waals surface area (Å²) >= 11 is 0. The van der Waals surface area contributed by atoms with E-state index in [1.807, 2.05) is 0 Å². The molecule has 1 aliphatic heterocycles. The van der Waals surface area contributed by atoms with Crippen molar-refractivity contribution in [2.45, 2.75) is 51.4 Å². The first kappa shape index (κ1) is 19.8. The van der Waals surface area contributed by atoms with Gasteiger partial charge in [0.2, 0.25) is 0 Å². The summed E-state index contributed by atoms with van der Waals surface area (Å²) in [6.45, 7) is 4.69. The number of piperidine rings is 1. The van der Waals surface area contributed by atoms with Crippen molar-refractivity contribution < 1.29 is 10.2 Å². The Labute approximate surface area is 171 Å². The number of benzene rings is 1. The SMILES string of the molecule is CC(C)(O)C#Cc1cnc(N2CCC3(CC2)Cc2ccccc2[C@H]3N)c(CO)n1. The van der Waals surface area contributed by atoms with Crippen molar-refractivity contribution >= 4 is 5.82 Å². The molecular weight excluding hydrogens is 364 g/mol. The predicted molar refractivity (Wildman–Crippen MR) is 112 cm³/mol. The third kappa shape index (κ3) is 3.86. The number of aromatic nitrogens is 2. The van der Waals surface area contributed by atoms with E-state index in [1.54, 1.807) is 20.0 Å². The molecule has 0 unspecified atom stereocenters. The minimum atomic E-state index is -1.10. The van der Waals surface area contributed by atoms with E-state index in [2.05, 4.69) is 51.0 Å². The van der Waals surface area contributed by atoms with Crippen LogP contribution in [0.5, 0.6) is 0 Å². The summed E-state index contributed by atoms with van der Waals surface area (Å²) in [6, 6.07) is 8.58. The van der Waals surface area contributed by atoms with Crippen LogP contribution in [0.1, 0.15) is 55.2 Å². The molecule has 2 aromatic rings. The van der Waals surface area contributed by atoms with E-state index in [1.165, 1.54) is 11.1 Å². The first-order chi connectivity index (χ1) is 13.8. The molecule has 0 bridgehead atoms. The molecule has 1 aromatic heterocycles. The van der Waals surface area contributed by atoms with Crippen molar-refractivity contribution in [3.63, 3.8) is 0 Å². The van der Waals surface area contributed by atoms with Gasteiger partial charge in [0.1, 0.15) is 17.0 Å². The molecule has 1 aliphatic carbocycles. The van der Waals surface area contributed by atoms with Gasteiger partial charge in [0.25, 0.3) is 0 Å². The van der Waals surface area contributed by atoms with Crippen LogP contribution in [-0.2, 0) is 13.0 Å². The van der Waals surface area contributed by atoms with E-state index in [9.17, 15) is 10.2 Å². The predicted octanol–water partition coefficient (Wildman–Crippen LogP) is 1.93. The number of aliphatic hydroxyl groups excluding tert-OH is 1. The summed E-state index contributed by atoms with van der Waals surface area (Å²) in [6.07, 6.45) is 4.60. The lowest BCUT2D eigenvalue weighted by Crippen LogP contribution is -2.45. The highest BCUT2D eigenvalue weighted by Crippen LogP contribution is 2.50. The average molecular weight is 393 g/mol. The van der Waals surface area contributed by atoms with Gasteiger partial charge in [-0.2, -0.15) is 0 Å². The van der Waals surface area contributed by atoms with Crippen LogP contribution in [0.25, 0.3) is 0 Å². The number of fused-ring (bicyclic) bond motifs is 1. The van der Waals surface area contributed by atoms with Gasteiger partial charge in [-0.05, 0) is 55.6 Å². The Hall–Kier alpha value is -2.46. The van der Waals surface area contributed by atoms with Crippen LogP contribution in [0.15, 0.2) is 30.5 Å². The van der Waals surface area contributed by atoms with Gasteiger partial charge in [-0.3, -0.25) is 0 Å². The number of hydrogen-bond acceptors (Lipinski definition) is 6. The molecule has 0 amide bonds. The minimum absolute atomic E-state index is 0.0729. The van der Waals surface area contributed by atoms with E-state index < -0.39 is 5.60 Å². The standard InChI is InChI=1S/C23H28N4O2/c1-22(2,29)8-7-17-14-25-21(19(15-28)26-17)27-11-9-23(10-12-27)13-16-5-3-4-6-18(16)20(23)24/h3-6,14,20,28-29H,9-13,15,24H2,1-2H3/t20-/m1/s1. The van der Waals surface area contributed by atoms with E-state index in [0.29, 0.717) is 17.2 Å². The summed E-state index contributed by atoms with van der Waals surface area (Å²) < 4.78 is 0. The monoisotopic (exact) mass is 392 g/mol. The molecule has 6 nitrogen and oxygen atoms in total. The maximum absolute atomic E-state index is 9.82. The summed E-state index contributed by atoms with van der Waals surface area (Å²) in [7, 11) is 0. The maximum atomic E-state index is 9.82. The molecule has 1 spiro atoms. The van der Waals surface area contributed by atoms with Crippen LogP contribution < -0.4 is 10.6 Å². The van der Waals surface area contributed by atoms with Crippen molar-refractivity contribution in [2.24, 2.45) is 11.1 Å². The Bertz CT molecular complexity index is 963. The smallest absolute Gasteiger partial charge is 0.152 e. The zero-order valence-electron chi connectivity index (χ0n) is 17.0. The Balaban J connectivity index is 1.51. The zero-order valence-corrected chi connectivity index (χ0v) is 17.0. The lowest BCUT2D eigenvalue weighted by molar-refractivity contribution is 0.143. The van der Waals surface area contributed by atoms with E-state index in [4.69, 9.17) is 5.73 Å². The van der Waals surface area contributed by atoms with E-state index in [0.717, 1.165) is 32.4 Å². The highest BCUT2D eigenvalue weighted by Gasteiger charge is 2.46. The van der Waals surface area contributed by atoms with Crippen molar-refractivity contribution in [1.29, 1.82) is 0 Å². The van der Waals surface area contributed by atoms with Crippen LogP contribution in [0.3, 0.4) is 0 Å². The highest BCUT2D eigenvalue weighted by molar-refractivity contribution is 5.47. The third-order valence-electron chi connectivity index (χ3n) is 6.12. The van der Waals surface area contributed by atoms with Crippen LogP contribution in [0.4, 0.5) is 5.82 Å². The first-order valence-corrected chi connectivity index (χ1v) is 10.1. The van der Waals surface area contributed by atoms with Crippen LogP contribution in [0.2, 0.25) is 0 Å². The van der Waals surface area contributed by atoms with Gasteiger partial charge in [-0.1, -0.05) is 30.2 Å². The largest absolute Gasteiger partial charge is 0.390 e. The fraction of sp³-hybridized carbons (Fsp3) is 0.478. The second-order valence-corrected chi connectivity index (χ2v) is 8.70. The topological polar surface area (TPSA) is 95.5 Å². The van der Waals surface area contributed by atoms with E-state index >= 15 is 0 Å². The fourth-order valence-electron chi connectivity index (χ4n) is 4.54. The molecular formula is C23H28N4O2. The van der Waals surface area contributed by atoms with E-state index in [-0.39, 0.29) is 18.1 Å². The highest BCUT2D eigenvalue weighted by atomic mass is 16.3. The normalized spacial score (nSPS) is 20.3. The number of nitrogens with two attached hydrogens (primary N) is 1. The Kier molecular flexibility index (Phi) is 5.07. The molecule has 29 heavy (non-hydrogen) atoms. The van der Waals surface area contributed by atoms with Gasteiger partial charge in [-0.25, -0.2) is 9.97 Å². The average Bonchev–Trinajstić information content (AvgIpc) is 2.98. The van der Waals surface area contributed by atoms with Gasteiger partial charge in [0, 0.05) is 19.1 Å². The molecule has 4 rings (SSSR count). The molecule has 2 aliphatic rings. The van der Waals surface area contributed by atoms with Crippen LogP contribution in [-0.4, -0.2) is 38.9 Å². The molecule has 0 saturated carbocycles. The zero-order chi connectivity index (χ0) is 20.6. The number of nitrogens with zero attached hydrogens (tertiary/aromatic N) is 3. The second-order valence-electron chi connectivity index (χ2n) is 8.70. The maximum Gasteiger partial charge on any atom is 0.152 e. The molecule has 4 N–H and O–H groups in total. The first-order valence-electron chi connectivity index (χ1n) is 10.1. The van der Waals surface area contributed by atoms with Crippen LogP contribution >= 0.6 is 0 Å². The molecule has 152 valence electrons. The summed E-state index contributed by atoms with van der Waals surface area (Å²) in [5, 5.41) is 19.6. The van der Waals surface area contributed by atoms with Crippen molar-refractivity contribution in [3.05, 3.63) is 53.0 Å². The molecule has 1 saturated heterocycles. The molecule has 1 aromatic carbocycles. The summed E-state index contributed by atoms with van der Waals surface area (Å²) in [5.41, 5.74) is 9.29. The van der Waals surface area contributed by atoms with Gasteiger partial charge < -0.3 is 20.8 Å². The fourth-order valence-corrected chi connectivity index (χ4v) is 4.54. The van der Waals surface area contributed by atoms with Gasteiger partial charge in [-0.15, -0.1) is 0 Å². The van der Waals surface area contributed by atoms with Crippen LogP contribution in [0, 0.1) is 17.3 Å². The second kappa shape index (κ2) is 7.42. The number of hydrogen-bond donors (Lipinski definition) is 3. The summed E-state index contributed by atoms with van der Waals surface area (Å²) in [4.78, 5) is 11.2. The quantitative estimate of drug-likeness (QED) is 0.676. The molecule has 1 atom stereocenters. The van der Waals surface area contributed by atoms with Crippen molar-refractivity contribution in [2.75, 3.05) is 18.0 Å². The molecule has 1 fully saturated rings. The lowest BCUT2D eigenvalue weighted by atomic mass is 9.73. The Morgan fingerprint density at radius 2 is 2.00 bits per heavy atom. The Morgan fingerprint density at radius 3 is 2.66 bits per heavy atom. The molecule has 2 heterocycles. The lowest BCUT2D eigenvalue weighted by Gasteiger charge is -2.42. The van der Waals surface area contributed by atoms with Crippen molar-refractivity contribution in [3.8, 4) is 11.8 Å².